The van der Waals surface area contributed by atoms with Gasteiger partial charge in [-0.3, -0.25) is 19.8 Å². The number of rotatable bonds is 6. The number of hydrogen-bond donors (Lipinski definition) is 1. The number of nitro benzene ring substituents is 1. The van der Waals surface area contributed by atoms with E-state index in [0.29, 0.717) is 24.2 Å². The molecule has 0 aliphatic carbocycles. The normalized spacial score (nSPS) is 14.5. The van der Waals surface area contributed by atoms with Crippen LogP contribution in [0, 0.1) is 10.1 Å². The number of nitro groups is 1. The van der Waals surface area contributed by atoms with E-state index in [1.807, 2.05) is 0 Å². The second kappa shape index (κ2) is 8.97. The molecule has 0 spiro atoms. The van der Waals surface area contributed by atoms with Crippen LogP contribution in [0.1, 0.15) is 6.42 Å². The third kappa shape index (κ3) is 5.07. The van der Waals surface area contributed by atoms with Gasteiger partial charge in [0.05, 0.1) is 4.92 Å². The van der Waals surface area contributed by atoms with Crippen LogP contribution in [-0.4, -0.2) is 48.5 Å². The average Bonchev–Trinajstić information content (AvgIpc) is 2.78. The van der Waals surface area contributed by atoms with E-state index in [1.165, 1.54) is 18.2 Å². The van der Waals surface area contributed by atoms with Crippen molar-refractivity contribution >= 4 is 33.9 Å². The Balaban J connectivity index is 1.24. The standard InChI is InChI=1S/C22H22N4O5/c27-21(23-17-2-7-20-16(15-17)1-8-22(28)31-20)9-10-24-11-13-25(14-12-24)18-3-5-19(6-4-18)26(29)30/h1-8,15H,9-14H2,(H,23,27). The Morgan fingerprint density at radius 3 is 2.48 bits per heavy atom. The number of amides is 1. The molecule has 0 radical (unpaired) electrons. The van der Waals surface area contributed by atoms with Gasteiger partial charge in [0.25, 0.3) is 5.69 Å². The van der Waals surface area contributed by atoms with E-state index in [-0.39, 0.29) is 11.6 Å². The van der Waals surface area contributed by atoms with Gasteiger partial charge in [0.2, 0.25) is 5.91 Å². The molecule has 0 saturated carbocycles. The van der Waals surface area contributed by atoms with Crippen molar-refractivity contribution in [3.05, 3.63) is 75.1 Å². The lowest BCUT2D eigenvalue weighted by Gasteiger charge is -2.36. The van der Waals surface area contributed by atoms with Crippen molar-refractivity contribution in [1.82, 2.24) is 4.90 Å². The number of fused-ring (bicyclic) bond motifs is 1. The van der Waals surface area contributed by atoms with Crippen LogP contribution in [0.25, 0.3) is 11.0 Å². The third-order valence-electron chi connectivity index (χ3n) is 5.36. The molecule has 1 fully saturated rings. The number of anilines is 2. The monoisotopic (exact) mass is 422 g/mol. The second-order valence-corrected chi connectivity index (χ2v) is 7.41. The van der Waals surface area contributed by atoms with Crippen molar-refractivity contribution < 1.29 is 14.1 Å². The Kier molecular flexibility index (Phi) is 5.94. The van der Waals surface area contributed by atoms with Gasteiger partial charge in [-0.15, -0.1) is 0 Å². The van der Waals surface area contributed by atoms with Gasteiger partial charge in [0, 0.05) is 74.1 Å². The van der Waals surface area contributed by atoms with Gasteiger partial charge >= 0.3 is 5.63 Å². The van der Waals surface area contributed by atoms with Crippen molar-refractivity contribution in [2.45, 2.75) is 6.42 Å². The molecule has 1 aromatic heterocycles. The highest BCUT2D eigenvalue weighted by Gasteiger charge is 2.18. The molecule has 160 valence electrons. The van der Waals surface area contributed by atoms with Crippen molar-refractivity contribution in [2.75, 3.05) is 42.9 Å². The lowest BCUT2D eigenvalue weighted by atomic mass is 10.2. The highest BCUT2D eigenvalue weighted by molar-refractivity contribution is 5.93. The van der Waals surface area contributed by atoms with Crippen LogP contribution in [0.3, 0.4) is 0 Å². The zero-order valence-electron chi connectivity index (χ0n) is 16.8. The number of nitrogens with zero attached hydrogens (tertiary/aromatic N) is 3. The molecule has 0 unspecified atom stereocenters. The maximum Gasteiger partial charge on any atom is 0.336 e. The molecule has 0 atom stereocenters. The van der Waals surface area contributed by atoms with Crippen molar-refractivity contribution in [2.24, 2.45) is 0 Å². The summed E-state index contributed by atoms with van der Waals surface area (Å²) < 4.78 is 5.10. The zero-order chi connectivity index (χ0) is 21.8. The van der Waals surface area contributed by atoms with Gasteiger partial charge in [-0.2, -0.15) is 0 Å². The predicted molar refractivity (Wildman–Crippen MR) is 117 cm³/mol. The van der Waals surface area contributed by atoms with Crippen LogP contribution < -0.4 is 15.8 Å². The first-order chi connectivity index (χ1) is 15.0. The molecule has 3 aromatic rings. The van der Waals surface area contributed by atoms with Crippen LogP contribution in [0.15, 0.2) is 63.8 Å². The van der Waals surface area contributed by atoms with Gasteiger partial charge in [-0.05, 0) is 36.4 Å². The van der Waals surface area contributed by atoms with Crippen LogP contribution >= 0.6 is 0 Å². The smallest absolute Gasteiger partial charge is 0.336 e. The number of benzene rings is 2. The van der Waals surface area contributed by atoms with Crippen molar-refractivity contribution in [1.29, 1.82) is 0 Å². The summed E-state index contributed by atoms with van der Waals surface area (Å²) in [4.78, 5) is 38.4. The maximum atomic E-state index is 12.3. The first kappa shape index (κ1) is 20.5. The summed E-state index contributed by atoms with van der Waals surface area (Å²) in [5.74, 6) is -0.0745. The van der Waals surface area contributed by atoms with Crippen molar-refractivity contribution in [3.63, 3.8) is 0 Å². The van der Waals surface area contributed by atoms with E-state index in [1.54, 1.807) is 36.4 Å². The number of non-ortho nitro benzene ring substituents is 1. The lowest BCUT2D eigenvalue weighted by Crippen LogP contribution is -2.47. The minimum absolute atomic E-state index is 0.0745. The average molecular weight is 422 g/mol. The van der Waals surface area contributed by atoms with Gasteiger partial charge < -0.3 is 14.6 Å². The SMILES string of the molecule is O=C(CCN1CCN(c2ccc([N+](=O)[O-])cc2)CC1)Nc1ccc2oc(=O)ccc2c1. The molecule has 4 rings (SSSR count). The molecule has 9 heteroatoms. The molecule has 0 bridgehead atoms. The Labute approximate surface area is 178 Å². The Morgan fingerprint density at radius 1 is 1.03 bits per heavy atom. The van der Waals surface area contributed by atoms with E-state index < -0.39 is 10.5 Å². The summed E-state index contributed by atoms with van der Waals surface area (Å²) in [6.45, 7) is 3.89. The number of carbonyl (C=O) groups excluding carboxylic acids is 1. The fourth-order valence-electron chi connectivity index (χ4n) is 3.65. The van der Waals surface area contributed by atoms with E-state index >= 15 is 0 Å². The summed E-state index contributed by atoms with van der Waals surface area (Å²) in [5, 5.41) is 14.4. The minimum Gasteiger partial charge on any atom is -0.423 e. The fourth-order valence-corrected chi connectivity index (χ4v) is 3.65. The molecule has 1 saturated heterocycles. The van der Waals surface area contributed by atoms with Gasteiger partial charge in [-0.25, -0.2) is 4.79 Å². The number of piperazine rings is 1. The van der Waals surface area contributed by atoms with Crippen LogP contribution in [0.5, 0.6) is 0 Å². The number of hydrogen-bond acceptors (Lipinski definition) is 7. The van der Waals surface area contributed by atoms with E-state index in [0.717, 1.165) is 37.3 Å². The van der Waals surface area contributed by atoms with E-state index in [4.69, 9.17) is 4.42 Å². The first-order valence-corrected chi connectivity index (χ1v) is 10.0. The third-order valence-corrected chi connectivity index (χ3v) is 5.36. The van der Waals surface area contributed by atoms with E-state index in [9.17, 15) is 19.7 Å². The Morgan fingerprint density at radius 2 is 1.77 bits per heavy atom. The summed E-state index contributed by atoms with van der Waals surface area (Å²) in [7, 11) is 0. The highest BCUT2D eigenvalue weighted by atomic mass is 16.6. The van der Waals surface area contributed by atoms with Gasteiger partial charge in [0.15, 0.2) is 0 Å². The molecule has 1 aliphatic heterocycles. The summed E-state index contributed by atoms with van der Waals surface area (Å²) in [5.41, 5.74) is 1.79. The van der Waals surface area contributed by atoms with Gasteiger partial charge in [-0.1, -0.05) is 0 Å². The molecule has 31 heavy (non-hydrogen) atoms. The quantitative estimate of drug-likeness (QED) is 0.370. The lowest BCUT2D eigenvalue weighted by molar-refractivity contribution is -0.384. The number of nitrogens with one attached hydrogen (secondary N) is 1. The topological polar surface area (TPSA) is 109 Å². The summed E-state index contributed by atoms with van der Waals surface area (Å²) in [6, 6.07) is 14.8. The first-order valence-electron chi connectivity index (χ1n) is 10.0. The minimum atomic E-state index is -0.405. The molecule has 1 N–H and O–H groups in total. The van der Waals surface area contributed by atoms with Crippen LogP contribution in [0.2, 0.25) is 0 Å². The number of carbonyl (C=O) groups is 1. The van der Waals surface area contributed by atoms with Crippen LogP contribution in [-0.2, 0) is 4.79 Å². The fraction of sp³-hybridized carbons (Fsp3) is 0.273. The maximum absolute atomic E-state index is 12.3. The molecule has 9 nitrogen and oxygen atoms in total. The molecule has 1 amide bonds. The summed E-state index contributed by atoms with van der Waals surface area (Å²) >= 11 is 0. The van der Waals surface area contributed by atoms with Crippen LogP contribution in [0.4, 0.5) is 17.1 Å². The Bertz CT molecular complexity index is 1150. The molecule has 2 heterocycles. The highest BCUT2D eigenvalue weighted by Crippen LogP contribution is 2.21. The molecule has 1 aliphatic rings. The second-order valence-electron chi connectivity index (χ2n) is 7.41. The zero-order valence-corrected chi connectivity index (χ0v) is 16.8. The summed E-state index contributed by atoms with van der Waals surface area (Å²) in [6.07, 6.45) is 0.374. The molecular formula is C22H22N4O5. The van der Waals surface area contributed by atoms with E-state index in [2.05, 4.69) is 15.1 Å². The Hall–Kier alpha value is -3.72. The van der Waals surface area contributed by atoms with Crippen molar-refractivity contribution in [3.8, 4) is 0 Å². The molecule has 2 aromatic carbocycles. The molecular weight excluding hydrogens is 400 g/mol. The predicted octanol–water partition coefficient (Wildman–Crippen LogP) is 2.85. The van der Waals surface area contributed by atoms with Gasteiger partial charge in [0.1, 0.15) is 5.58 Å². The largest absolute Gasteiger partial charge is 0.423 e.